The van der Waals surface area contributed by atoms with Crippen LogP contribution in [0.25, 0.3) is 0 Å². The summed E-state index contributed by atoms with van der Waals surface area (Å²) in [4.78, 5) is 35.3. The molecule has 21 heavy (non-hydrogen) atoms. The third-order valence-corrected chi connectivity index (χ3v) is 3.21. The van der Waals surface area contributed by atoms with Crippen molar-refractivity contribution in [3.8, 4) is 0 Å². The summed E-state index contributed by atoms with van der Waals surface area (Å²) in [6, 6.07) is -0.397. The van der Waals surface area contributed by atoms with E-state index in [4.69, 9.17) is 9.84 Å². The number of ether oxygens (including phenoxy) is 1. The minimum absolute atomic E-state index is 0.0421. The summed E-state index contributed by atoms with van der Waals surface area (Å²) in [5.41, 5.74) is 1.15. The first kappa shape index (κ1) is 17.2. The molecule has 0 bridgehead atoms. The average molecular weight is 298 g/mol. The van der Waals surface area contributed by atoms with Crippen LogP contribution in [-0.4, -0.2) is 54.7 Å². The second-order valence-electron chi connectivity index (χ2n) is 4.95. The van der Waals surface area contributed by atoms with Gasteiger partial charge in [-0.25, -0.2) is 4.79 Å². The van der Waals surface area contributed by atoms with Crippen molar-refractivity contribution in [2.75, 3.05) is 26.8 Å². The van der Waals surface area contributed by atoms with E-state index in [2.05, 4.69) is 5.32 Å². The van der Waals surface area contributed by atoms with Crippen molar-refractivity contribution in [3.63, 3.8) is 0 Å². The van der Waals surface area contributed by atoms with Crippen molar-refractivity contribution in [2.45, 2.75) is 32.1 Å². The molecule has 0 saturated carbocycles. The number of aliphatic carboxylic acids is 1. The predicted molar refractivity (Wildman–Crippen MR) is 75.8 cm³/mol. The lowest BCUT2D eigenvalue weighted by Crippen LogP contribution is -2.44. The summed E-state index contributed by atoms with van der Waals surface area (Å²) < 4.78 is 5.03. The number of amides is 3. The van der Waals surface area contributed by atoms with Gasteiger partial charge in [-0.2, -0.15) is 0 Å². The zero-order valence-corrected chi connectivity index (χ0v) is 12.3. The quantitative estimate of drug-likeness (QED) is 0.543. The molecule has 7 heteroatoms. The Morgan fingerprint density at radius 3 is 2.62 bits per heavy atom. The topological polar surface area (TPSA) is 95.9 Å². The number of nitrogens with zero attached hydrogens (tertiary/aromatic N) is 1. The van der Waals surface area contributed by atoms with Crippen molar-refractivity contribution in [1.29, 1.82) is 0 Å². The van der Waals surface area contributed by atoms with Gasteiger partial charge in [0.25, 0.3) is 0 Å². The lowest BCUT2D eigenvalue weighted by atomic mass is 10.1. The molecule has 0 fully saturated rings. The number of imide groups is 1. The number of unbranched alkanes of at least 4 members (excludes halogenated alkanes) is 1. The third kappa shape index (κ3) is 6.89. The summed E-state index contributed by atoms with van der Waals surface area (Å²) in [6.07, 6.45) is 3.78. The molecule has 3 amide bonds. The second kappa shape index (κ2) is 9.12. The van der Waals surface area contributed by atoms with Gasteiger partial charge in [-0.3, -0.25) is 14.9 Å². The molecule has 0 radical (unpaired) electrons. The van der Waals surface area contributed by atoms with E-state index in [0.717, 1.165) is 12.0 Å². The molecule has 1 rings (SSSR count). The minimum Gasteiger partial charge on any atom is -0.481 e. The zero-order chi connectivity index (χ0) is 15.7. The van der Waals surface area contributed by atoms with E-state index in [1.807, 2.05) is 6.08 Å². The number of methoxy groups -OCH3 is 1. The van der Waals surface area contributed by atoms with E-state index in [0.29, 0.717) is 32.5 Å². The lowest BCUT2D eigenvalue weighted by molar-refractivity contribution is -0.137. The molecule has 0 aromatic rings. The van der Waals surface area contributed by atoms with Crippen molar-refractivity contribution >= 4 is 17.9 Å². The van der Waals surface area contributed by atoms with Crippen LogP contribution < -0.4 is 5.32 Å². The largest absolute Gasteiger partial charge is 0.481 e. The fraction of sp³-hybridized carbons (Fsp3) is 0.643. The summed E-state index contributed by atoms with van der Waals surface area (Å²) in [7, 11) is 1.63. The highest BCUT2D eigenvalue weighted by molar-refractivity contribution is 5.94. The smallest absolute Gasteiger partial charge is 0.324 e. The first-order valence-electron chi connectivity index (χ1n) is 7.00. The van der Waals surface area contributed by atoms with Crippen molar-refractivity contribution in [3.05, 3.63) is 11.6 Å². The lowest BCUT2D eigenvalue weighted by Gasteiger charge is -2.26. The van der Waals surface area contributed by atoms with Gasteiger partial charge in [0.2, 0.25) is 5.91 Å². The molecule has 1 aliphatic heterocycles. The number of carboxylic acids is 1. The van der Waals surface area contributed by atoms with Crippen LogP contribution in [0.3, 0.4) is 0 Å². The zero-order valence-electron chi connectivity index (χ0n) is 12.3. The highest BCUT2D eigenvalue weighted by Gasteiger charge is 2.18. The number of nitrogens with one attached hydrogen (secondary N) is 1. The van der Waals surface area contributed by atoms with E-state index >= 15 is 0 Å². The molecule has 0 aromatic carbocycles. The Balaban J connectivity index is 2.24. The van der Waals surface area contributed by atoms with Gasteiger partial charge >= 0.3 is 12.0 Å². The maximum absolute atomic E-state index is 11.9. The highest BCUT2D eigenvalue weighted by Crippen LogP contribution is 2.11. The Labute approximate surface area is 123 Å². The summed E-state index contributed by atoms with van der Waals surface area (Å²) in [5, 5.41) is 10.8. The molecule has 0 spiro atoms. The number of hydrogen-bond donors (Lipinski definition) is 2. The molecule has 0 saturated heterocycles. The highest BCUT2D eigenvalue weighted by atomic mass is 16.5. The Kier molecular flexibility index (Phi) is 7.45. The number of urea groups is 1. The van der Waals surface area contributed by atoms with Crippen LogP contribution >= 0.6 is 0 Å². The first-order chi connectivity index (χ1) is 10.0. The van der Waals surface area contributed by atoms with Crippen LogP contribution in [0.2, 0.25) is 0 Å². The van der Waals surface area contributed by atoms with Gasteiger partial charge in [-0.05, 0) is 24.8 Å². The molecule has 0 atom stereocenters. The number of carboxylic acid groups (broad SMARTS) is 1. The summed E-state index contributed by atoms with van der Waals surface area (Å²) in [6.45, 7) is 1.60. The van der Waals surface area contributed by atoms with Gasteiger partial charge < -0.3 is 14.7 Å². The molecule has 0 aromatic heterocycles. The van der Waals surface area contributed by atoms with Crippen molar-refractivity contribution in [1.82, 2.24) is 10.2 Å². The van der Waals surface area contributed by atoms with Gasteiger partial charge in [0, 0.05) is 33.0 Å². The first-order valence-corrected chi connectivity index (χ1v) is 7.00. The molecule has 118 valence electrons. The molecule has 1 aliphatic rings. The molecular formula is C14H22N2O5. The van der Waals surface area contributed by atoms with Crippen molar-refractivity contribution < 1.29 is 24.2 Å². The van der Waals surface area contributed by atoms with Crippen molar-refractivity contribution in [2.24, 2.45) is 0 Å². The number of carbonyl (C=O) groups is 3. The molecule has 0 unspecified atom stereocenters. The fourth-order valence-electron chi connectivity index (χ4n) is 2.03. The SMILES string of the molecule is COCC1=CCN(C(=O)NC(=O)CCCCC(=O)O)CC1. The normalized spacial score (nSPS) is 14.5. The standard InChI is InChI=1S/C14H22N2O5/c1-21-10-11-6-8-16(9-7-11)14(20)15-12(17)4-2-3-5-13(18)19/h6H,2-5,7-10H2,1H3,(H,18,19)(H,15,17,20). The van der Waals surface area contributed by atoms with E-state index < -0.39 is 12.0 Å². The molecule has 1 heterocycles. The Morgan fingerprint density at radius 2 is 2.05 bits per heavy atom. The van der Waals surface area contributed by atoms with Gasteiger partial charge in [-0.1, -0.05) is 6.08 Å². The molecule has 7 nitrogen and oxygen atoms in total. The van der Waals surface area contributed by atoms with E-state index in [9.17, 15) is 14.4 Å². The monoisotopic (exact) mass is 298 g/mol. The molecule has 2 N–H and O–H groups in total. The Morgan fingerprint density at radius 1 is 1.33 bits per heavy atom. The Bertz CT molecular complexity index is 420. The van der Waals surface area contributed by atoms with Gasteiger partial charge in [0.15, 0.2) is 0 Å². The summed E-state index contributed by atoms with van der Waals surface area (Å²) in [5.74, 6) is -1.24. The fourth-order valence-corrected chi connectivity index (χ4v) is 2.03. The van der Waals surface area contributed by atoms with E-state index in [1.165, 1.54) is 0 Å². The minimum atomic E-state index is -0.876. The average Bonchev–Trinajstić information content (AvgIpc) is 2.44. The van der Waals surface area contributed by atoms with E-state index in [1.54, 1.807) is 12.0 Å². The van der Waals surface area contributed by atoms with Crippen LogP contribution in [0.15, 0.2) is 11.6 Å². The van der Waals surface area contributed by atoms with Gasteiger partial charge in [0.1, 0.15) is 0 Å². The summed E-state index contributed by atoms with van der Waals surface area (Å²) >= 11 is 0. The molecule has 0 aliphatic carbocycles. The van der Waals surface area contributed by atoms with Crippen LogP contribution in [0, 0.1) is 0 Å². The van der Waals surface area contributed by atoms with Crippen LogP contribution in [-0.2, 0) is 14.3 Å². The predicted octanol–water partition coefficient (Wildman–Crippen LogP) is 1.15. The molecular weight excluding hydrogens is 276 g/mol. The second-order valence-corrected chi connectivity index (χ2v) is 4.95. The van der Waals surface area contributed by atoms with Crippen LogP contribution in [0.5, 0.6) is 0 Å². The van der Waals surface area contributed by atoms with E-state index in [-0.39, 0.29) is 18.7 Å². The van der Waals surface area contributed by atoms with Crippen LogP contribution in [0.4, 0.5) is 4.79 Å². The number of rotatable bonds is 7. The van der Waals surface area contributed by atoms with Gasteiger partial charge in [-0.15, -0.1) is 0 Å². The number of hydrogen-bond acceptors (Lipinski definition) is 4. The van der Waals surface area contributed by atoms with Gasteiger partial charge in [0.05, 0.1) is 6.61 Å². The maximum Gasteiger partial charge on any atom is 0.324 e. The Hall–Kier alpha value is -1.89. The maximum atomic E-state index is 11.9. The van der Waals surface area contributed by atoms with Crippen LogP contribution in [0.1, 0.15) is 32.1 Å². The third-order valence-electron chi connectivity index (χ3n) is 3.21. The number of carbonyl (C=O) groups excluding carboxylic acids is 2.